The van der Waals surface area contributed by atoms with Crippen LogP contribution in [0.3, 0.4) is 0 Å². The monoisotopic (exact) mass is 521 g/mol. The molecule has 0 saturated carbocycles. The van der Waals surface area contributed by atoms with Crippen molar-refractivity contribution in [2.75, 3.05) is 0 Å². The average Bonchev–Trinajstić information content (AvgIpc) is 3.28. The van der Waals surface area contributed by atoms with Crippen LogP contribution in [0.4, 0.5) is 4.39 Å². The molecule has 3 heterocycles. The fourth-order valence-corrected chi connectivity index (χ4v) is 6.02. The molecule has 2 N–H and O–H groups in total. The Hall–Kier alpha value is -1.94. The third kappa shape index (κ3) is 5.49. The van der Waals surface area contributed by atoms with Crippen LogP contribution in [0.25, 0.3) is 10.2 Å². The summed E-state index contributed by atoms with van der Waals surface area (Å²) in [5.41, 5.74) is 0.182. The summed E-state index contributed by atoms with van der Waals surface area (Å²) in [5, 5.41) is 22.5. The summed E-state index contributed by atoms with van der Waals surface area (Å²) in [6.07, 6.45) is -2.87. The highest BCUT2D eigenvalue weighted by atomic mass is 32.1. The molecule has 0 spiro atoms. The molecule has 0 radical (unpaired) electrons. The number of rotatable bonds is 1. The van der Waals surface area contributed by atoms with E-state index in [1.807, 2.05) is 32.0 Å². The van der Waals surface area contributed by atoms with E-state index in [4.69, 9.17) is 9.47 Å². The largest absolute Gasteiger partial charge is 0.457 e. The summed E-state index contributed by atoms with van der Waals surface area (Å²) >= 11 is 1.56. The predicted octanol–water partition coefficient (Wildman–Crippen LogP) is 4.81. The van der Waals surface area contributed by atoms with Crippen LogP contribution >= 0.6 is 11.3 Å². The number of thiazole rings is 1. The number of aliphatic hydroxyl groups excluding tert-OH is 2. The number of alkyl halides is 1. The topological polar surface area (TPSA) is 109 Å². The first-order chi connectivity index (χ1) is 16.8. The van der Waals surface area contributed by atoms with Crippen molar-refractivity contribution in [1.29, 1.82) is 0 Å². The number of hydrogen-bond donors (Lipinski definition) is 2. The van der Waals surface area contributed by atoms with Gasteiger partial charge < -0.3 is 19.7 Å². The van der Waals surface area contributed by atoms with Crippen molar-refractivity contribution in [2.24, 2.45) is 17.3 Å². The Morgan fingerprint density at radius 1 is 1.19 bits per heavy atom. The van der Waals surface area contributed by atoms with Crippen LogP contribution in [0, 0.1) is 24.2 Å². The zero-order chi connectivity index (χ0) is 26.4. The number of cyclic esters (lactones) is 1. The van der Waals surface area contributed by atoms with Gasteiger partial charge >= 0.3 is 5.97 Å². The highest BCUT2D eigenvalue weighted by Crippen LogP contribution is 2.48. The first-order valence-electron chi connectivity index (χ1n) is 12.7. The van der Waals surface area contributed by atoms with Crippen molar-refractivity contribution < 1.29 is 33.7 Å². The van der Waals surface area contributed by atoms with Crippen LogP contribution in [0.15, 0.2) is 18.2 Å². The normalized spacial score (nSPS) is 36.3. The van der Waals surface area contributed by atoms with Gasteiger partial charge in [0.2, 0.25) is 5.85 Å². The number of aromatic nitrogens is 1. The van der Waals surface area contributed by atoms with E-state index in [-0.39, 0.29) is 24.5 Å². The lowest BCUT2D eigenvalue weighted by molar-refractivity contribution is -0.156. The number of esters is 1. The number of ketones is 1. The number of nitrogens with zero attached hydrogens (tertiary/aromatic N) is 1. The molecule has 0 aliphatic carbocycles. The second-order valence-corrected chi connectivity index (χ2v) is 12.3. The van der Waals surface area contributed by atoms with Gasteiger partial charge in [0.15, 0.2) is 0 Å². The fourth-order valence-electron chi connectivity index (χ4n) is 5.21. The quantitative estimate of drug-likeness (QED) is 0.410. The molecule has 198 valence electrons. The van der Waals surface area contributed by atoms with Gasteiger partial charge in [-0.3, -0.25) is 9.59 Å². The van der Waals surface area contributed by atoms with E-state index in [9.17, 15) is 19.8 Å². The first kappa shape index (κ1) is 27.1. The Bertz CT molecular complexity index is 1130. The minimum atomic E-state index is -1.81. The number of hydrogen-bond acceptors (Lipinski definition) is 8. The Labute approximate surface area is 215 Å². The molecular weight excluding hydrogens is 485 g/mol. The third-order valence-electron chi connectivity index (χ3n) is 7.87. The number of halogens is 1. The van der Waals surface area contributed by atoms with E-state index < -0.39 is 54.0 Å². The number of aliphatic hydroxyl groups is 2. The van der Waals surface area contributed by atoms with Gasteiger partial charge in [0.05, 0.1) is 39.3 Å². The summed E-state index contributed by atoms with van der Waals surface area (Å²) in [7, 11) is 0. The Morgan fingerprint density at radius 3 is 2.64 bits per heavy atom. The van der Waals surface area contributed by atoms with Gasteiger partial charge in [-0.25, -0.2) is 9.37 Å². The summed E-state index contributed by atoms with van der Waals surface area (Å²) in [4.78, 5) is 30.6. The highest BCUT2D eigenvalue weighted by molar-refractivity contribution is 7.18. The van der Waals surface area contributed by atoms with Crippen LogP contribution in [0.1, 0.15) is 76.5 Å². The van der Waals surface area contributed by atoms with Crippen molar-refractivity contribution in [3.8, 4) is 0 Å². The second-order valence-electron chi connectivity index (χ2n) is 11.0. The number of epoxide rings is 1. The van der Waals surface area contributed by atoms with Crippen molar-refractivity contribution in [3.63, 3.8) is 0 Å². The van der Waals surface area contributed by atoms with Gasteiger partial charge in [0.25, 0.3) is 0 Å². The number of benzene rings is 1. The lowest BCUT2D eigenvalue weighted by atomic mass is 9.73. The molecule has 7 atom stereocenters. The van der Waals surface area contributed by atoms with Crippen LogP contribution in [0.2, 0.25) is 0 Å². The van der Waals surface area contributed by atoms with Crippen molar-refractivity contribution in [3.05, 3.63) is 28.8 Å². The van der Waals surface area contributed by atoms with Gasteiger partial charge in [0, 0.05) is 18.8 Å². The van der Waals surface area contributed by atoms with E-state index in [1.165, 1.54) is 0 Å². The molecule has 9 heteroatoms. The Balaban J connectivity index is 1.61. The van der Waals surface area contributed by atoms with Gasteiger partial charge in [-0.05, 0) is 43.4 Å². The van der Waals surface area contributed by atoms with Crippen LogP contribution in [-0.4, -0.2) is 51.1 Å². The molecule has 2 saturated heterocycles. The van der Waals surface area contributed by atoms with Gasteiger partial charge in [-0.1, -0.05) is 33.8 Å². The van der Waals surface area contributed by atoms with Gasteiger partial charge in [-0.2, -0.15) is 0 Å². The van der Waals surface area contributed by atoms with E-state index >= 15 is 4.39 Å². The van der Waals surface area contributed by atoms with Crippen molar-refractivity contribution in [2.45, 2.75) is 97.0 Å². The van der Waals surface area contributed by atoms with Gasteiger partial charge in [-0.15, -0.1) is 11.3 Å². The lowest BCUT2D eigenvalue weighted by Crippen LogP contribution is -2.45. The summed E-state index contributed by atoms with van der Waals surface area (Å²) in [5.74, 6) is -3.82. The smallest absolute Gasteiger partial charge is 0.309 e. The molecule has 2 fully saturated rings. The maximum absolute atomic E-state index is 15.3. The lowest BCUT2D eigenvalue weighted by Gasteiger charge is -2.34. The molecule has 2 unspecified atom stereocenters. The molecule has 0 amide bonds. The molecule has 2 aromatic rings. The van der Waals surface area contributed by atoms with E-state index in [0.717, 1.165) is 15.2 Å². The highest BCUT2D eigenvalue weighted by Gasteiger charge is 2.58. The first-order valence-corrected chi connectivity index (χ1v) is 13.5. The number of Topliss-reactive ketones (excluding diaryl/α,β-unsaturated/α-hetero) is 1. The summed E-state index contributed by atoms with van der Waals surface area (Å²) < 4.78 is 27.5. The number of aryl methyl sites for hydroxylation is 1. The molecule has 1 aromatic heterocycles. The van der Waals surface area contributed by atoms with E-state index in [1.54, 1.807) is 32.1 Å². The molecule has 7 nitrogen and oxygen atoms in total. The van der Waals surface area contributed by atoms with Gasteiger partial charge in [0.1, 0.15) is 18.0 Å². The van der Waals surface area contributed by atoms with Crippen molar-refractivity contribution in [1.82, 2.24) is 4.98 Å². The maximum atomic E-state index is 15.3. The van der Waals surface area contributed by atoms with E-state index in [2.05, 4.69) is 4.98 Å². The molecule has 36 heavy (non-hydrogen) atoms. The molecule has 2 aliphatic heterocycles. The second kappa shape index (κ2) is 10.1. The third-order valence-corrected chi connectivity index (χ3v) is 8.82. The minimum absolute atomic E-state index is 0.129. The minimum Gasteiger partial charge on any atom is -0.457 e. The van der Waals surface area contributed by atoms with Crippen molar-refractivity contribution >= 4 is 33.3 Å². The summed E-state index contributed by atoms with van der Waals surface area (Å²) in [6, 6.07) is 5.59. The van der Waals surface area contributed by atoms with Crippen LogP contribution < -0.4 is 0 Å². The maximum Gasteiger partial charge on any atom is 0.309 e. The zero-order valence-electron chi connectivity index (χ0n) is 21.5. The molecular formula is C27H36FNO6S. The summed E-state index contributed by atoms with van der Waals surface area (Å²) in [6.45, 7) is 8.53. The fraction of sp³-hybridized carbons (Fsp3) is 0.667. The van der Waals surface area contributed by atoms with Crippen LogP contribution in [-0.2, 0) is 19.1 Å². The van der Waals surface area contributed by atoms with Crippen LogP contribution in [0.5, 0.6) is 0 Å². The van der Waals surface area contributed by atoms with E-state index in [0.29, 0.717) is 18.4 Å². The SMILES string of the molecule is Cc1nc2cc([C@@H]3CC4OC4(F)CCC[C@H](C)[C@H](O)[C@@H](C)C(=O)C(C)(C)[C@@H](O)CC(=O)O3)ccc2s1. The number of ether oxygens (including phenoxy) is 2. The molecule has 0 bridgehead atoms. The number of carbonyl (C=O) groups is 2. The zero-order valence-corrected chi connectivity index (χ0v) is 22.3. The average molecular weight is 522 g/mol. The number of carbonyl (C=O) groups excluding carboxylic acids is 2. The Morgan fingerprint density at radius 2 is 1.92 bits per heavy atom. The molecule has 2 aliphatic rings. The Kier molecular flexibility index (Phi) is 7.59. The molecule has 1 aromatic carbocycles. The number of fused-ring (bicyclic) bond motifs is 2. The molecule has 4 rings (SSSR count). The predicted molar refractivity (Wildman–Crippen MR) is 134 cm³/mol. The standard InChI is InChI=1S/C27H36FNO6S/c1-14-7-6-10-27(28)22(35-27)12-19(17-8-9-20-18(11-17)29-16(3)36-20)34-23(31)13-21(30)26(4,5)25(33)15(2)24(14)32/h8-9,11,14-15,19,21-22,24,30,32H,6-7,10,12-13H2,1-5H3/t14-,15+,19-,21-,22?,24-,27?/m0/s1.